The quantitative estimate of drug-likeness (QED) is 0.319. The minimum atomic E-state index is 0.493. The average molecular weight is 346 g/mol. The van der Waals surface area contributed by atoms with Crippen molar-refractivity contribution in [2.45, 2.75) is 64.2 Å². The first-order valence-electron chi connectivity index (χ1n) is 7.60. The molecular formula is C17H26BrCl. The molecule has 1 aromatic carbocycles. The van der Waals surface area contributed by atoms with Gasteiger partial charge in [0.1, 0.15) is 0 Å². The first kappa shape index (κ1) is 17.0. The fourth-order valence-electron chi connectivity index (χ4n) is 2.47. The van der Waals surface area contributed by atoms with Gasteiger partial charge in [0.2, 0.25) is 0 Å². The topological polar surface area (TPSA) is 0 Å². The first-order chi connectivity index (χ1) is 9.29. The molecule has 0 aliphatic heterocycles. The molecule has 0 saturated heterocycles. The molecule has 1 aromatic rings. The van der Waals surface area contributed by atoms with Crippen LogP contribution in [0.1, 0.15) is 69.8 Å². The van der Waals surface area contributed by atoms with Crippen LogP contribution in [0.15, 0.2) is 28.7 Å². The summed E-state index contributed by atoms with van der Waals surface area (Å²) < 4.78 is 1.20. The van der Waals surface area contributed by atoms with E-state index in [4.69, 9.17) is 11.6 Å². The van der Waals surface area contributed by atoms with Gasteiger partial charge < -0.3 is 0 Å². The summed E-state index contributed by atoms with van der Waals surface area (Å²) in [6.07, 6.45) is 10.8. The minimum Gasteiger partial charge on any atom is -0.126 e. The van der Waals surface area contributed by atoms with E-state index < -0.39 is 0 Å². The van der Waals surface area contributed by atoms with Crippen LogP contribution in [0.4, 0.5) is 0 Å². The maximum Gasteiger partial charge on any atom is 0.0292 e. The van der Waals surface area contributed by atoms with Gasteiger partial charge in [0.15, 0.2) is 0 Å². The number of halogens is 2. The second-order valence-electron chi connectivity index (χ2n) is 5.28. The van der Waals surface area contributed by atoms with Gasteiger partial charge in [0, 0.05) is 10.4 Å². The molecule has 108 valence electrons. The molecule has 0 nitrogen and oxygen atoms in total. The Kier molecular flexibility index (Phi) is 9.63. The van der Waals surface area contributed by atoms with Gasteiger partial charge in [-0.25, -0.2) is 0 Å². The van der Waals surface area contributed by atoms with E-state index in [1.54, 1.807) is 0 Å². The zero-order valence-electron chi connectivity index (χ0n) is 12.0. The number of hydrogen-bond donors (Lipinski definition) is 0. The standard InChI is InChI=1S/C17H26BrCl/c1-2-3-4-5-6-7-8-11-15(14-19)16-12-9-10-13-17(16)18/h9-10,12-13,15H,2-8,11,14H2,1H3. The third-order valence-electron chi connectivity index (χ3n) is 3.69. The van der Waals surface area contributed by atoms with Gasteiger partial charge in [-0.15, -0.1) is 11.6 Å². The lowest BCUT2D eigenvalue weighted by molar-refractivity contribution is 0.550. The Hall–Kier alpha value is -0.0100. The van der Waals surface area contributed by atoms with Crippen molar-refractivity contribution in [1.82, 2.24) is 0 Å². The Bertz CT molecular complexity index is 338. The smallest absolute Gasteiger partial charge is 0.0292 e. The fraction of sp³-hybridized carbons (Fsp3) is 0.647. The van der Waals surface area contributed by atoms with Gasteiger partial charge >= 0.3 is 0 Å². The van der Waals surface area contributed by atoms with Crippen LogP contribution in [0.3, 0.4) is 0 Å². The van der Waals surface area contributed by atoms with Crippen LogP contribution in [0.5, 0.6) is 0 Å². The van der Waals surface area contributed by atoms with E-state index in [-0.39, 0.29) is 0 Å². The van der Waals surface area contributed by atoms with Crippen molar-refractivity contribution in [3.05, 3.63) is 34.3 Å². The normalized spacial score (nSPS) is 12.6. The summed E-state index contributed by atoms with van der Waals surface area (Å²) in [6, 6.07) is 8.47. The van der Waals surface area contributed by atoms with Gasteiger partial charge in [-0.05, 0) is 24.0 Å². The van der Waals surface area contributed by atoms with Gasteiger partial charge in [-0.3, -0.25) is 0 Å². The summed E-state index contributed by atoms with van der Waals surface area (Å²) in [5.41, 5.74) is 1.36. The van der Waals surface area contributed by atoms with Crippen molar-refractivity contribution in [3.63, 3.8) is 0 Å². The van der Waals surface area contributed by atoms with Crippen molar-refractivity contribution in [2.75, 3.05) is 5.88 Å². The molecule has 1 atom stereocenters. The van der Waals surface area contributed by atoms with E-state index in [0.717, 1.165) is 5.88 Å². The zero-order valence-corrected chi connectivity index (χ0v) is 14.3. The summed E-state index contributed by atoms with van der Waals surface area (Å²) in [6.45, 7) is 2.27. The Labute approximate surface area is 132 Å². The molecule has 0 aromatic heterocycles. The molecule has 0 radical (unpaired) electrons. The Morgan fingerprint density at radius 1 is 1.00 bits per heavy atom. The van der Waals surface area contributed by atoms with Crippen molar-refractivity contribution < 1.29 is 0 Å². The molecule has 2 heteroatoms. The predicted octanol–water partition coefficient (Wildman–Crippen LogP) is 6.91. The van der Waals surface area contributed by atoms with Crippen LogP contribution in [0.25, 0.3) is 0 Å². The second kappa shape index (κ2) is 10.7. The Balaban J connectivity index is 2.24. The molecule has 1 rings (SSSR count). The summed E-state index contributed by atoms with van der Waals surface area (Å²) in [4.78, 5) is 0. The lowest BCUT2D eigenvalue weighted by Crippen LogP contribution is -2.01. The van der Waals surface area contributed by atoms with Crippen molar-refractivity contribution >= 4 is 27.5 Å². The highest BCUT2D eigenvalue weighted by Gasteiger charge is 2.12. The monoisotopic (exact) mass is 344 g/mol. The fourth-order valence-corrected chi connectivity index (χ4v) is 3.40. The molecule has 0 bridgehead atoms. The molecule has 0 aliphatic rings. The summed E-state index contributed by atoms with van der Waals surface area (Å²) in [5.74, 6) is 1.21. The molecule has 1 unspecified atom stereocenters. The van der Waals surface area contributed by atoms with Crippen LogP contribution in [0.2, 0.25) is 0 Å². The summed E-state index contributed by atoms with van der Waals surface area (Å²) in [5, 5.41) is 0. The van der Waals surface area contributed by atoms with E-state index in [1.807, 2.05) is 0 Å². The van der Waals surface area contributed by atoms with E-state index in [0.29, 0.717) is 5.92 Å². The van der Waals surface area contributed by atoms with Gasteiger partial charge in [-0.2, -0.15) is 0 Å². The lowest BCUT2D eigenvalue weighted by atomic mass is 9.94. The highest BCUT2D eigenvalue weighted by atomic mass is 79.9. The highest BCUT2D eigenvalue weighted by molar-refractivity contribution is 9.10. The average Bonchev–Trinajstić information content (AvgIpc) is 2.43. The van der Waals surface area contributed by atoms with Gasteiger partial charge in [-0.1, -0.05) is 86.0 Å². The second-order valence-corrected chi connectivity index (χ2v) is 6.45. The number of unbranched alkanes of at least 4 members (excludes halogenated alkanes) is 6. The predicted molar refractivity (Wildman–Crippen MR) is 90.2 cm³/mol. The Morgan fingerprint density at radius 2 is 1.63 bits per heavy atom. The molecule has 0 amide bonds. The van der Waals surface area contributed by atoms with E-state index in [9.17, 15) is 0 Å². The molecular weight excluding hydrogens is 320 g/mol. The van der Waals surface area contributed by atoms with Crippen molar-refractivity contribution in [2.24, 2.45) is 0 Å². The van der Waals surface area contributed by atoms with E-state index >= 15 is 0 Å². The molecule has 19 heavy (non-hydrogen) atoms. The maximum absolute atomic E-state index is 6.13. The molecule has 0 heterocycles. The molecule has 0 spiro atoms. The number of benzene rings is 1. The highest BCUT2D eigenvalue weighted by Crippen LogP contribution is 2.30. The summed E-state index contributed by atoms with van der Waals surface area (Å²) >= 11 is 9.76. The first-order valence-corrected chi connectivity index (χ1v) is 8.92. The van der Waals surface area contributed by atoms with E-state index in [1.165, 1.54) is 61.4 Å². The molecule has 0 N–H and O–H groups in total. The van der Waals surface area contributed by atoms with E-state index in [2.05, 4.69) is 47.1 Å². The van der Waals surface area contributed by atoms with Crippen LogP contribution >= 0.6 is 27.5 Å². The minimum absolute atomic E-state index is 0.493. The van der Waals surface area contributed by atoms with Crippen LogP contribution in [0, 0.1) is 0 Å². The van der Waals surface area contributed by atoms with Crippen LogP contribution in [-0.2, 0) is 0 Å². The molecule has 0 fully saturated rings. The molecule has 0 saturated carbocycles. The maximum atomic E-state index is 6.13. The number of hydrogen-bond acceptors (Lipinski definition) is 0. The van der Waals surface area contributed by atoms with Crippen LogP contribution < -0.4 is 0 Å². The summed E-state index contributed by atoms with van der Waals surface area (Å²) in [7, 11) is 0. The third kappa shape index (κ3) is 6.81. The third-order valence-corrected chi connectivity index (χ3v) is 4.78. The molecule has 0 aliphatic carbocycles. The zero-order chi connectivity index (χ0) is 13.9. The number of rotatable bonds is 10. The number of alkyl halides is 1. The van der Waals surface area contributed by atoms with Gasteiger partial charge in [0.25, 0.3) is 0 Å². The van der Waals surface area contributed by atoms with Crippen molar-refractivity contribution in [3.8, 4) is 0 Å². The van der Waals surface area contributed by atoms with Crippen molar-refractivity contribution in [1.29, 1.82) is 0 Å². The SMILES string of the molecule is CCCCCCCCCC(CCl)c1ccccc1Br. The lowest BCUT2D eigenvalue weighted by Gasteiger charge is -2.15. The van der Waals surface area contributed by atoms with Gasteiger partial charge in [0.05, 0.1) is 0 Å². The Morgan fingerprint density at radius 3 is 2.26 bits per heavy atom. The largest absolute Gasteiger partial charge is 0.126 e. The van der Waals surface area contributed by atoms with Crippen LogP contribution in [-0.4, -0.2) is 5.88 Å².